The minimum atomic E-state index is -0.0445. The number of anilines is 1. The number of amides is 2. The zero-order valence-corrected chi connectivity index (χ0v) is 16.3. The minimum absolute atomic E-state index is 0.0185. The van der Waals surface area contributed by atoms with Gasteiger partial charge < -0.3 is 10.2 Å². The van der Waals surface area contributed by atoms with E-state index in [9.17, 15) is 9.59 Å². The molecule has 2 aromatic carbocycles. The fourth-order valence-corrected chi connectivity index (χ4v) is 3.32. The molecule has 3 rings (SSSR count). The minimum Gasteiger partial charge on any atom is -0.336 e. The van der Waals surface area contributed by atoms with Gasteiger partial charge in [0.2, 0.25) is 5.91 Å². The van der Waals surface area contributed by atoms with Crippen LogP contribution in [-0.2, 0) is 4.79 Å². The van der Waals surface area contributed by atoms with Crippen molar-refractivity contribution in [2.75, 3.05) is 38.0 Å². The molecule has 1 aliphatic heterocycles. The third kappa shape index (κ3) is 5.70. The quantitative estimate of drug-likeness (QED) is 0.823. The molecule has 0 unspecified atom stereocenters. The molecular weight excluding hydrogens is 385 g/mol. The predicted octanol–water partition coefficient (Wildman–Crippen LogP) is 3.78. The number of halogens is 2. The van der Waals surface area contributed by atoms with Crippen molar-refractivity contribution in [1.82, 2.24) is 9.80 Å². The Balaban J connectivity index is 1.42. The van der Waals surface area contributed by atoms with Crippen molar-refractivity contribution < 1.29 is 9.59 Å². The molecule has 1 heterocycles. The summed E-state index contributed by atoms with van der Waals surface area (Å²) in [5.74, 6) is -0.0260. The Hall–Kier alpha value is -2.08. The SMILES string of the molecule is O=C(CCN1CCN(C(=O)c2ccc(Cl)cc2)CC1)Nc1cccc(Cl)c1. The highest BCUT2D eigenvalue weighted by atomic mass is 35.5. The van der Waals surface area contributed by atoms with Crippen LogP contribution in [0.4, 0.5) is 5.69 Å². The second-order valence-electron chi connectivity index (χ2n) is 6.45. The summed E-state index contributed by atoms with van der Waals surface area (Å²) in [6, 6.07) is 14.0. The van der Waals surface area contributed by atoms with Crippen LogP contribution in [0.3, 0.4) is 0 Å². The number of rotatable bonds is 5. The van der Waals surface area contributed by atoms with Gasteiger partial charge in [-0.3, -0.25) is 14.5 Å². The molecule has 2 aromatic rings. The van der Waals surface area contributed by atoms with Crippen molar-refractivity contribution in [3.8, 4) is 0 Å². The molecule has 1 saturated heterocycles. The van der Waals surface area contributed by atoms with E-state index in [4.69, 9.17) is 23.2 Å². The van der Waals surface area contributed by atoms with Gasteiger partial charge in [-0.05, 0) is 42.5 Å². The Morgan fingerprint density at radius 3 is 2.30 bits per heavy atom. The van der Waals surface area contributed by atoms with Crippen LogP contribution in [0.15, 0.2) is 48.5 Å². The molecule has 1 aliphatic rings. The van der Waals surface area contributed by atoms with E-state index in [2.05, 4.69) is 10.2 Å². The summed E-state index contributed by atoms with van der Waals surface area (Å²) in [7, 11) is 0. The maximum absolute atomic E-state index is 12.5. The van der Waals surface area contributed by atoms with Crippen molar-refractivity contribution in [3.05, 3.63) is 64.1 Å². The summed E-state index contributed by atoms with van der Waals surface area (Å²) in [6.45, 7) is 3.47. The highest BCUT2D eigenvalue weighted by molar-refractivity contribution is 6.31. The molecule has 142 valence electrons. The molecule has 1 fully saturated rings. The van der Waals surface area contributed by atoms with Crippen molar-refractivity contribution in [3.63, 3.8) is 0 Å². The molecule has 0 radical (unpaired) electrons. The number of nitrogens with one attached hydrogen (secondary N) is 1. The summed E-state index contributed by atoms with van der Waals surface area (Å²) in [6.07, 6.45) is 0.400. The van der Waals surface area contributed by atoms with Gasteiger partial charge in [-0.2, -0.15) is 0 Å². The molecule has 0 bridgehead atoms. The molecule has 0 aromatic heterocycles. The molecule has 2 amide bonds. The van der Waals surface area contributed by atoms with Gasteiger partial charge in [0.25, 0.3) is 5.91 Å². The van der Waals surface area contributed by atoms with Crippen molar-refractivity contribution in [2.24, 2.45) is 0 Å². The van der Waals surface area contributed by atoms with Crippen molar-refractivity contribution in [2.45, 2.75) is 6.42 Å². The second-order valence-corrected chi connectivity index (χ2v) is 7.32. The number of hydrogen-bond acceptors (Lipinski definition) is 3. The summed E-state index contributed by atoms with van der Waals surface area (Å²) in [5.41, 5.74) is 1.35. The van der Waals surface area contributed by atoms with E-state index in [0.717, 1.165) is 13.1 Å². The van der Waals surface area contributed by atoms with Crippen molar-refractivity contribution >= 4 is 40.7 Å². The summed E-state index contributed by atoms with van der Waals surface area (Å²) < 4.78 is 0. The Morgan fingerprint density at radius 2 is 1.63 bits per heavy atom. The van der Waals surface area contributed by atoms with Crippen LogP contribution in [0, 0.1) is 0 Å². The van der Waals surface area contributed by atoms with Crippen LogP contribution in [0.5, 0.6) is 0 Å². The average molecular weight is 406 g/mol. The van der Waals surface area contributed by atoms with Gasteiger partial charge in [-0.25, -0.2) is 0 Å². The van der Waals surface area contributed by atoms with Crippen LogP contribution in [0.25, 0.3) is 0 Å². The van der Waals surface area contributed by atoms with E-state index in [1.807, 2.05) is 11.0 Å². The Bertz CT molecular complexity index is 803. The molecule has 1 N–H and O–H groups in total. The normalized spacial score (nSPS) is 14.8. The highest BCUT2D eigenvalue weighted by Gasteiger charge is 2.22. The van der Waals surface area contributed by atoms with E-state index < -0.39 is 0 Å². The molecular formula is C20H21Cl2N3O2. The van der Waals surface area contributed by atoms with Gasteiger partial charge in [0.15, 0.2) is 0 Å². The lowest BCUT2D eigenvalue weighted by Gasteiger charge is -2.34. The maximum atomic E-state index is 12.5. The predicted molar refractivity (Wildman–Crippen MR) is 108 cm³/mol. The summed E-state index contributed by atoms with van der Waals surface area (Å²) in [5, 5.41) is 4.06. The zero-order chi connectivity index (χ0) is 19.2. The fourth-order valence-electron chi connectivity index (χ4n) is 3.00. The van der Waals surface area contributed by atoms with Gasteiger partial charge in [-0.1, -0.05) is 29.3 Å². The first-order chi connectivity index (χ1) is 13.0. The lowest BCUT2D eigenvalue weighted by molar-refractivity contribution is -0.116. The smallest absolute Gasteiger partial charge is 0.253 e. The van der Waals surface area contributed by atoms with Crippen LogP contribution in [0.2, 0.25) is 10.0 Å². The largest absolute Gasteiger partial charge is 0.336 e. The topological polar surface area (TPSA) is 52.7 Å². The number of carbonyl (C=O) groups excluding carboxylic acids is 2. The lowest BCUT2D eigenvalue weighted by Crippen LogP contribution is -2.49. The van der Waals surface area contributed by atoms with Gasteiger partial charge in [-0.15, -0.1) is 0 Å². The molecule has 0 saturated carbocycles. The zero-order valence-electron chi connectivity index (χ0n) is 14.8. The van der Waals surface area contributed by atoms with Gasteiger partial charge in [0, 0.05) is 60.4 Å². The highest BCUT2D eigenvalue weighted by Crippen LogP contribution is 2.16. The lowest BCUT2D eigenvalue weighted by atomic mass is 10.2. The number of piperazine rings is 1. The molecule has 0 atom stereocenters. The first-order valence-corrected chi connectivity index (χ1v) is 9.59. The maximum Gasteiger partial charge on any atom is 0.253 e. The Morgan fingerprint density at radius 1 is 0.926 bits per heavy atom. The van der Waals surface area contributed by atoms with Gasteiger partial charge in [0.05, 0.1) is 0 Å². The third-order valence-electron chi connectivity index (χ3n) is 4.51. The monoisotopic (exact) mass is 405 g/mol. The van der Waals surface area contributed by atoms with Crippen LogP contribution in [-0.4, -0.2) is 54.3 Å². The molecule has 0 aliphatic carbocycles. The van der Waals surface area contributed by atoms with Crippen LogP contribution < -0.4 is 5.32 Å². The molecule has 0 spiro atoms. The number of carbonyl (C=O) groups is 2. The Kier molecular flexibility index (Phi) is 6.72. The fraction of sp³-hybridized carbons (Fsp3) is 0.300. The van der Waals surface area contributed by atoms with E-state index in [-0.39, 0.29) is 11.8 Å². The molecule has 7 heteroatoms. The van der Waals surface area contributed by atoms with Crippen LogP contribution in [0.1, 0.15) is 16.8 Å². The standard InChI is InChI=1S/C20H21Cl2N3O2/c21-16-6-4-15(5-7-16)20(27)25-12-10-24(11-13-25)9-8-19(26)23-18-3-1-2-17(22)14-18/h1-7,14H,8-13H2,(H,23,26). The number of benzene rings is 2. The van der Waals surface area contributed by atoms with Gasteiger partial charge >= 0.3 is 0 Å². The second kappa shape index (κ2) is 9.22. The van der Waals surface area contributed by atoms with E-state index >= 15 is 0 Å². The van der Waals surface area contributed by atoms with E-state index in [1.54, 1.807) is 42.5 Å². The van der Waals surface area contributed by atoms with E-state index in [0.29, 0.717) is 47.4 Å². The van der Waals surface area contributed by atoms with Gasteiger partial charge in [0.1, 0.15) is 0 Å². The Labute approximate surface area is 168 Å². The van der Waals surface area contributed by atoms with Crippen LogP contribution >= 0.6 is 23.2 Å². The van der Waals surface area contributed by atoms with E-state index in [1.165, 1.54) is 0 Å². The summed E-state index contributed by atoms with van der Waals surface area (Å²) >= 11 is 11.8. The summed E-state index contributed by atoms with van der Waals surface area (Å²) in [4.78, 5) is 28.6. The average Bonchev–Trinajstić information content (AvgIpc) is 2.67. The number of hydrogen-bond donors (Lipinski definition) is 1. The van der Waals surface area contributed by atoms with Crippen molar-refractivity contribution in [1.29, 1.82) is 0 Å². The molecule has 5 nitrogen and oxygen atoms in total. The molecule has 27 heavy (non-hydrogen) atoms. The first kappa shape index (κ1) is 19.7. The third-order valence-corrected chi connectivity index (χ3v) is 5.00. The first-order valence-electron chi connectivity index (χ1n) is 8.84. The number of nitrogens with zero attached hydrogens (tertiary/aromatic N) is 2.